The summed E-state index contributed by atoms with van der Waals surface area (Å²) < 4.78 is 0. The first-order valence-corrected chi connectivity index (χ1v) is 6.77. The topological polar surface area (TPSA) is 41.1 Å². The molecule has 92 valence electrons. The maximum Gasteiger partial charge on any atom is 0.237 e. The third-order valence-electron chi connectivity index (χ3n) is 4.00. The largest absolute Gasteiger partial charge is 0.354 e. The highest BCUT2D eigenvalue weighted by Crippen LogP contribution is 2.48. The van der Waals surface area contributed by atoms with Crippen molar-refractivity contribution in [3.63, 3.8) is 0 Å². The van der Waals surface area contributed by atoms with Crippen LogP contribution in [0.25, 0.3) is 0 Å². The normalized spacial score (nSPS) is 27.4. The van der Waals surface area contributed by atoms with Crippen LogP contribution >= 0.6 is 0 Å². The number of rotatable bonds is 5. The van der Waals surface area contributed by atoms with Crippen molar-refractivity contribution in [3.05, 3.63) is 0 Å². The molecule has 2 aliphatic rings. The zero-order chi connectivity index (χ0) is 11.4. The van der Waals surface area contributed by atoms with Crippen LogP contribution in [-0.2, 0) is 4.79 Å². The van der Waals surface area contributed by atoms with Crippen LogP contribution in [0.1, 0.15) is 51.9 Å². The van der Waals surface area contributed by atoms with Gasteiger partial charge >= 0.3 is 0 Å². The minimum Gasteiger partial charge on any atom is -0.354 e. The summed E-state index contributed by atoms with van der Waals surface area (Å²) in [6.07, 6.45) is 8.52. The SMILES string of the molecule is CCCC1(CNC(=O)C2CCCCN2)CC1. The Morgan fingerprint density at radius 1 is 1.44 bits per heavy atom. The molecule has 1 aliphatic carbocycles. The summed E-state index contributed by atoms with van der Waals surface area (Å²) in [6, 6.07) is 0.0752. The van der Waals surface area contributed by atoms with E-state index in [0.29, 0.717) is 5.41 Å². The first-order valence-electron chi connectivity index (χ1n) is 6.77. The molecule has 0 aromatic rings. The molecular formula is C13H24N2O. The molecule has 1 saturated heterocycles. The van der Waals surface area contributed by atoms with Crippen molar-refractivity contribution in [1.29, 1.82) is 0 Å². The third kappa shape index (κ3) is 2.97. The van der Waals surface area contributed by atoms with Crippen LogP contribution in [-0.4, -0.2) is 25.0 Å². The highest BCUT2D eigenvalue weighted by Gasteiger charge is 2.41. The molecule has 2 rings (SSSR count). The van der Waals surface area contributed by atoms with Crippen LogP contribution < -0.4 is 10.6 Å². The van der Waals surface area contributed by atoms with Gasteiger partial charge in [-0.3, -0.25) is 4.79 Å². The Bertz CT molecular complexity index is 242. The highest BCUT2D eigenvalue weighted by atomic mass is 16.2. The summed E-state index contributed by atoms with van der Waals surface area (Å²) >= 11 is 0. The number of nitrogens with one attached hydrogen (secondary N) is 2. The second-order valence-corrected chi connectivity index (χ2v) is 5.47. The van der Waals surface area contributed by atoms with Crippen molar-refractivity contribution in [3.8, 4) is 0 Å². The Hall–Kier alpha value is -0.570. The number of carbonyl (C=O) groups excluding carboxylic acids is 1. The zero-order valence-electron chi connectivity index (χ0n) is 10.3. The van der Waals surface area contributed by atoms with E-state index in [1.807, 2.05) is 0 Å². The fourth-order valence-electron chi connectivity index (χ4n) is 2.70. The van der Waals surface area contributed by atoms with Gasteiger partial charge in [-0.05, 0) is 44.1 Å². The minimum absolute atomic E-state index is 0.0752. The lowest BCUT2D eigenvalue weighted by Crippen LogP contribution is -2.47. The van der Waals surface area contributed by atoms with Gasteiger partial charge in [0.1, 0.15) is 0 Å². The zero-order valence-corrected chi connectivity index (χ0v) is 10.3. The lowest BCUT2D eigenvalue weighted by atomic mass is 10.00. The average Bonchev–Trinajstić information content (AvgIpc) is 3.08. The summed E-state index contributed by atoms with van der Waals surface area (Å²) in [7, 11) is 0. The van der Waals surface area contributed by atoms with E-state index in [0.717, 1.165) is 19.5 Å². The Morgan fingerprint density at radius 3 is 2.81 bits per heavy atom. The average molecular weight is 224 g/mol. The van der Waals surface area contributed by atoms with Crippen LogP contribution in [0.4, 0.5) is 0 Å². The van der Waals surface area contributed by atoms with Crippen LogP contribution in [0.3, 0.4) is 0 Å². The van der Waals surface area contributed by atoms with E-state index < -0.39 is 0 Å². The molecule has 2 N–H and O–H groups in total. The maximum absolute atomic E-state index is 11.9. The van der Waals surface area contributed by atoms with E-state index in [2.05, 4.69) is 17.6 Å². The molecule has 16 heavy (non-hydrogen) atoms. The second kappa shape index (κ2) is 5.17. The van der Waals surface area contributed by atoms with Gasteiger partial charge in [0.15, 0.2) is 0 Å². The van der Waals surface area contributed by atoms with Crippen LogP contribution in [0.5, 0.6) is 0 Å². The molecule has 2 fully saturated rings. The minimum atomic E-state index is 0.0752. The van der Waals surface area contributed by atoms with E-state index in [4.69, 9.17) is 0 Å². The summed E-state index contributed by atoms with van der Waals surface area (Å²) in [5.41, 5.74) is 0.471. The van der Waals surface area contributed by atoms with Gasteiger partial charge < -0.3 is 10.6 Å². The molecule has 1 atom stereocenters. The van der Waals surface area contributed by atoms with Crippen molar-refractivity contribution in [2.75, 3.05) is 13.1 Å². The predicted octanol–water partition coefficient (Wildman–Crippen LogP) is 1.82. The Labute approximate surface area is 98.4 Å². The number of hydrogen-bond acceptors (Lipinski definition) is 2. The molecule has 0 spiro atoms. The number of hydrogen-bond donors (Lipinski definition) is 2. The fourth-order valence-corrected chi connectivity index (χ4v) is 2.70. The van der Waals surface area contributed by atoms with Gasteiger partial charge in [-0.15, -0.1) is 0 Å². The van der Waals surface area contributed by atoms with Crippen LogP contribution in [0, 0.1) is 5.41 Å². The van der Waals surface area contributed by atoms with Gasteiger partial charge in [0.05, 0.1) is 6.04 Å². The summed E-state index contributed by atoms with van der Waals surface area (Å²) in [6.45, 7) is 4.13. The van der Waals surface area contributed by atoms with Crippen molar-refractivity contribution in [2.45, 2.75) is 57.9 Å². The van der Waals surface area contributed by atoms with E-state index in [1.54, 1.807) is 0 Å². The van der Waals surface area contributed by atoms with Crippen molar-refractivity contribution >= 4 is 5.91 Å². The van der Waals surface area contributed by atoms with Crippen LogP contribution in [0.15, 0.2) is 0 Å². The smallest absolute Gasteiger partial charge is 0.237 e. The monoisotopic (exact) mass is 224 g/mol. The standard InChI is InChI=1S/C13H24N2O/c1-2-6-13(7-8-13)10-15-12(16)11-5-3-4-9-14-11/h11,14H,2-10H2,1H3,(H,15,16). The second-order valence-electron chi connectivity index (χ2n) is 5.47. The van der Waals surface area contributed by atoms with Gasteiger partial charge in [0.2, 0.25) is 5.91 Å². The van der Waals surface area contributed by atoms with Gasteiger partial charge in [0.25, 0.3) is 0 Å². The van der Waals surface area contributed by atoms with E-state index >= 15 is 0 Å². The summed E-state index contributed by atoms with van der Waals surface area (Å²) in [5, 5.41) is 6.43. The molecule has 0 aromatic carbocycles. The van der Waals surface area contributed by atoms with Crippen molar-refractivity contribution in [2.24, 2.45) is 5.41 Å². The number of piperidine rings is 1. The molecule has 0 radical (unpaired) electrons. The maximum atomic E-state index is 11.9. The van der Waals surface area contributed by atoms with Crippen LogP contribution in [0.2, 0.25) is 0 Å². The first-order chi connectivity index (χ1) is 7.76. The molecular weight excluding hydrogens is 200 g/mol. The first kappa shape index (κ1) is 11.9. The van der Waals surface area contributed by atoms with Gasteiger partial charge in [-0.2, -0.15) is 0 Å². The number of carbonyl (C=O) groups is 1. The quantitative estimate of drug-likeness (QED) is 0.748. The van der Waals surface area contributed by atoms with E-state index in [9.17, 15) is 4.79 Å². The van der Waals surface area contributed by atoms with Gasteiger partial charge in [-0.1, -0.05) is 19.8 Å². The molecule has 1 unspecified atom stereocenters. The molecule has 0 aromatic heterocycles. The molecule has 1 amide bonds. The molecule has 0 bridgehead atoms. The Balaban J connectivity index is 1.70. The predicted molar refractivity (Wildman–Crippen MR) is 65.2 cm³/mol. The summed E-state index contributed by atoms with van der Waals surface area (Å²) in [4.78, 5) is 11.9. The lowest BCUT2D eigenvalue weighted by molar-refractivity contribution is -0.123. The molecule has 1 saturated carbocycles. The van der Waals surface area contributed by atoms with Gasteiger partial charge in [0, 0.05) is 6.54 Å². The summed E-state index contributed by atoms with van der Waals surface area (Å²) in [5.74, 6) is 0.224. The van der Waals surface area contributed by atoms with Crippen molar-refractivity contribution in [1.82, 2.24) is 10.6 Å². The van der Waals surface area contributed by atoms with Crippen molar-refractivity contribution < 1.29 is 4.79 Å². The molecule has 3 nitrogen and oxygen atoms in total. The Morgan fingerprint density at radius 2 is 2.25 bits per heavy atom. The Kier molecular flexibility index (Phi) is 3.85. The molecule has 1 heterocycles. The van der Waals surface area contributed by atoms with Gasteiger partial charge in [-0.25, -0.2) is 0 Å². The molecule has 3 heteroatoms. The fraction of sp³-hybridized carbons (Fsp3) is 0.923. The molecule has 1 aliphatic heterocycles. The highest BCUT2D eigenvalue weighted by molar-refractivity contribution is 5.81. The van der Waals surface area contributed by atoms with E-state index in [1.165, 1.54) is 38.5 Å². The van der Waals surface area contributed by atoms with E-state index in [-0.39, 0.29) is 11.9 Å². The lowest BCUT2D eigenvalue weighted by Gasteiger charge is -2.24. The number of amides is 1. The third-order valence-corrected chi connectivity index (χ3v) is 4.00.